The van der Waals surface area contributed by atoms with Crippen LogP contribution in [0.2, 0.25) is 0 Å². The molecule has 0 unspecified atom stereocenters. The number of ether oxygens (including phenoxy) is 6. The molecule has 4 rings (SSSR count). The molecule has 3 aliphatic rings. The molecule has 3 fully saturated rings. The SMILES string of the molecule is CC[C@H]1OC(=O)[C@H](C)[C@@H](O[C@H]2C[C@@](C)(OC)[C@](O)(CNCCCN(C)C)[C@H](C)O2)[C@H](C)[C@@H](O[C@@H]2O[C@H](C)C[C@H](N(C)S(=O)(=O)Nc3ccc(C(F)(F)F)cc3)[C@H]2O)[C@](C)(O)C[C@@H](C)CN[C@H](C)[C@@H](O)[C@]1(C)O. The Morgan fingerprint density at radius 1 is 0.944 bits per heavy atom. The lowest BCUT2D eigenvalue weighted by Gasteiger charge is -2.53. The smallest absolute Gasteiger partial charge is 0.416 e. The summed E-state index contributed by atoms with van der Waals surface area (Å²) in [4.78, 5) is 16.6. The van der Waals surface area contributed by atoms with Gasteiger partial charge in [0.05, 0.1) is 47.5 Å². The van der Waals surface area contributed by atoms with Crippen LogP contribution in [0.25, 0.3) is 0 Å². The number of hydrogen-bond donors (Lipinski definition) is 8. The summed E-state index contributed by atoms with van der Waals surface area (Å²) >= 11 is 0. The third kappa shape index (κ3) is 14.8. The zero-order valence-electron chi connectivity index (χ0n) is 44.6. The van der Waals surface area contributed by atoms with Crippen LogP contribution in [0, 0.1) is 17.8 Å². The van der Waals surface area contributed by atoms with E-state index >= 15 is 0 Å². The first kappa shape index (κ1) is 62.2. The number of cyclic esters (lactones) is 1. The molecule has 3 aliphatic heterocycles. The molecule has 72 heavy (non-hydrogen) atoms. The summed E-state index contributed by atoms with van der Waals surface area (Å²) in [6.07, 6.45) is -15.2. The van der Waals surface area contributed by atoms with E-state index in [1.54, 1.807) is 48.5 Å². The molecule has 0 amide bonds. The molecule has 3 saturated heterocycles. The van der Waals surface area contributed by atoms with Crippen molar-refractivity contribution in [2.24, 2.45) is 17.8 Å². The molecule has 1 aromatic carbocycles. The van der Waals surface area contributed by atoms with Crippen LogP contribution in [-0.4, -0.2) is 193 Å². The number of rotatable bonds is 16. The number of carbonyl (C=O) groups excluding carboxylic acids is 1. The summed E-state index contributed by atoms with van der Waals surface area (Å²) in [6.45, 7) is 18.2. The van der Waals surface area contributed by atoms with Crippen LogP contribution in [0.3, 0.4) is 0 Å². The molecule has 23 heteroatoms. The summed E-state index contributed by atoms with van der Waals surface area (Å²) in [5, 5.41) is 66.9. The first-order chi connectivity index (χ1) is 33.1. The maximum absolute atomic E-state index is 14.6. The third-order valence-corrected chi connectivity index (χ3v) is 16.7. The number of aliphatic hydroxyl groups excluding tert-OH is 2. The van der Waals surface area contributed by atoms with Gasteiger partial charge in [-0.15, -0.1) is 0 Å². The molecule has 3 heterocycles. The predicted molar refractivity (Wildman–Crippen MR) is 263 cm³/mol. The van der Waals surface area contributed by atoms with Crippen LogP contribution in [0.4, 0.5) is 18.9 Å². The van der Waals surface area contributed by atoms with Crippen LogP contribution < -0.4 is 15.4 Å². The Morgan fingerprint density at radius 3 is 2.14 bits per heavy atom. The normalized spacial score (nSPS) is 40.4. The second-order valence-electron chi connectivity index (χ2n) is 21.6. The second-order valence-corrected chi connectivity index (χ2v) is 23.3. The first-order valence-corrected chi connectivity index (χ1v) is 26.5. The molecule has 0 bridgehead atoms. The minimum absolute atomic E-state index is 0.0117. The Kier molecular flexibility index (Phi) is 21.4. The van der Waals surface area contributed by atoms with Gasteiger partial charge in [-0.05, 0) is 138 Å². The number of halogens is 3. The number of carbonyl (C=O) groups is 1. The van der Waals surface area contributed by atoms with Gasteiger partial charge in [-0.1, -0.05) is 20.8 Å². The van der Waals surface area contributed by atoms with Crippen molar-refractivity contribution < 1.29 is 80.3 Å². The van der Waals surface area contributed by atoms with Crippen molar-refractivity contribution in [2.75, 3.05) is 59.2 Å². The van der Waals surface area contributed by atoms with E-state index in [1.807, 2.05) is 21.0 Å². The molecule has 0 radical (unpaired) electrons. The van der Waals surface area contributed by atoms with Crippen LogP contribution in [0.15, 0.2) is 24.3 Å². The van der Waals surface area contributed by atoms with Gasteiger partial charge in [-0.2, -0.15) is 25.9 Å². The second kappa shape index (κ2) is 24.8. The number of esters is 1. The van der Waals surface area contributed by atoms with Gasteiger partial charge in [0.15, 0.2) is 12.6 Å². The van der Waals surface area contributed by atoms with Gasteiger partial charge in [-0.25, -0.2) is 0 Å². The summed E-state index contributed by atoms with van der Waals surface area (Å²) in [5.41, 5.74) is -7.74. The Hall–Kier alpha value is -2.33. The van der Waals surface area contributed by atoms with Crippen molar-refractivity contribution in [3.63, 3.8) is 0 Å². The van der Waals surface area contributed by atoms with Crippen molar-refractivity contribution in [1.82, 2.24) is 19.8 Å². The number of anilines is 1. The highest BCUT2D eigenvalue weighted by molar-refractivity contribution is 7.90. The van der Waals surface area contributed by atoms with E-state index < -0.39 is 130 Å². The lowest BCUT2D eigenvalue weighted by molar-refractivity contribution is -0.336. The molecule has 19 nitrogen and oxygen atoms in total. The van der Waals surface area contributed by atoms with Crippen molar-refractivity contribution in [3.8, 4) is 0 Å². The highest BCUT2D eigenvalue weighted by Crippen LogP contribution is 2.43. The standard InChI is InChI=1S/C49H86F3N5O14S/c1-15-37-47(10,62)41(59)32(6)54-26-28(2)24-45(8,61)42(71-44-39(58)36(23-29(3)67-44)57(13)72(64,65)55-35-19-17-34(18-20-35)49(50,51)52)30(4)40(31(5)43(60)69-37)70-38-25-46(9,66-14)48(63,33(7)68-38)27-53-21-16-22-56(11)12/h17-20,28-33,36-42,44,53-55,58-59,61-63H,15-16,21-27H2,1-14H3/t28-,29-,30+,31-,32-,33+,36+,37-,38+,39-,40+,41-,42-,44+,45-,46-,47-,48+/m1/s1. The average Bonchev–Trinajstić information content (AvgIpc) is 3.28. The van der Waals surface area contributed by atoms with Gasteiger partial charge in [0.1, 0.15) is 35.1 Å². The summed E-state index contributed by atoms with van der Waals surface area (Å²) in [5.74, 6) is -3.43. The predicted octanol–water partition coefficient (Wildman–Crippen LogP) is 3.22. The van der Waals surface area contributed by atoms with Gasteiger partial charge >= 0.3 is 22.4 Å². The number of alkyl halides is 3. The van der Waals surface area contributed by atoms with Crippen LogP contribution >= 0.6 is 0 Å². The van der Waals surface area contributed by atoms with E-state index in [1.165, 1.54) is 28.0 Å². The number of aliphatic hydroxyl groups is 5. The fraction of sp³-hybridized carbons (Fsp3) is 0.857. The lowest BCUT2D eigenvalue weighted by atomic mass is 9.75. The topological polar surface area (TPSA) is 250 Å². The van der Waals surface area contributed by atoms with Crippen molar-refractivity contribution in [3.05, 3.63) is 29.8 Å². The molecule has 418 valence electrons. The van der Waals surface area contributed by atoms with Crippen molar-refractivity contribution in [2.45, 2.75) is 197 Å². The van der Waals surface area contributed by atoms with E-state index in [2.05, 4.69) is 20.3 Å². The minimum Gasteiger partial charge on any atom is -0.459 e. The van der Waals surface area contributed by atoms with E-state index in [9.17, 15) is 51.9 Å². The zero-order chi connectivity index (χ0) is 54.5. The summed E-state index contributed by atoms with van der Waals surface area (Å²) in [6, 6.07) is 1.48. The quantitative estimate of drug-likeness (QED) is 0.0875. The average molecular weight is 1060 g/mol. The number of benzene rings is 1. The fourth-order valence-electron chi connectivity index (χ4n) is 10.5. The van der Waals surface area contributed by atoms with Gasteiger partial charge in [-0.3, -0.25) is 9.52 Å². The van der Waals surface area contributed by atoms with Crippen LogP contribution in [0.5, 0.6) is 0 Å². The van der Waals surface area contributed by atoms with Gasteiger partial charge in [0, 0.05) is 44.8 Å². The van der Waals surface area contributed by atoms with Gasteiger partial charge in [0.25, 0.3) is 0 Å². The lowest BCUT2D eigenvalue weighted by Crippen LogP contribution is -2.70. The van der Waals surface area contributed by atoms with Gasteiger partial charge in [0.2, 0.25) is 0 Å². The largest absolute Gasteiger partial charge is 0.459 e. The number of methoxy groups -OCH3 is 1. The maximum atomic E-state index is 14.6. The van der Waals surface area contributed by atoms with Crippen molar-refractivity contribution in [1.29, 1.82) is 0 Å². The van der Waals surface area contributed by atoms with Crippen molar-refractivity contribution >= 4 is 21.9 Å². The molecule has 0 saturated carbocycles. The Balaban J connectivity index is 1.77. The third-order valence-electron chi connectivity index (χ3n) is 15.2. The molecule has 0 aliphatic carbocycles. The van der Waals surface area contributed by atoms with E-state index in [4.69, 9.17) is 28.4 Å². The number of likely N-dealkylation sites (N-methyl/N-ethyl adjacent to an activating group) is 1. The minimum atomic E-state index is -4.65. The Labute approximate surface area is 424 Å². The zero-order valence-corrected chi connectivity index (χ0v) is 45.4. The van der Waals surface area contributed by atoms with Gasteiger partial charge < -0.3 is 69.5 Å². The number of hydrogen-bond acceptors (Lipinski definition) is 17. The molecular formula is C49H86F3N5O14S. The molecule has 0 aromatic heterocycles. The van der Waals surface area contributed by atoms with E-state index in [0.29, 0.717) is 6.54 Å². The molecule has 8 N–H and O–H groups in total. The van der Waals surface area contributed by atoms with E-state index in [0.717, 1.165) is 41.5 Å². The Morgan fingerprint density at radius 2 is 1.57 bits per heavy atom. The van der Waals surface area contributed by atoms with Crippen LogP contribution in [-0.2, 0) is 49.6 Å². The summed E-state index contributed by atoms with van der Waals surface area (Å²) < 4.78 is 109. The fourth-order valence-corrected chi connectivity index (χ4v) is 11.7. The van der Waals surface area contributed by atoms with E-state index in [-0.39, 0.29) is 50.4 Å². The number of nitrogens with one attached hydrogen (secondary N) is 3. The number of nitrogens with zero attached hydrogens (tertiary/aromatic N) is 2. The van der Waals surface area contributed by atoms with Crippen LogP contribution in [0.1, 0.15) is 107 Å². The molecular weight excluding hydrogens is 972 g/mol. The molecule has 0 spiro atoms. The molecule has 1 aromatic rings. The molecule has 18 atom stereocenters. The first-order valence-electron chi connectivity index (χ1n) is 25.1. The Bertz CT molecular complexity index is 1990. The highest BCUT2D eigenvalue weighted by atomic mass is 32.2. The maximum Gasteiger partial charge on any atom is 0.416 e. The highest BCUT2D eigenvalue weighted by Gasteiger charge is 2.58. The monoisotopic (exact) mass is 1060 g/mol. The summed E-state index contributed by atoms with van der Waals surface area (Å²) in [7, 11) is 2.08.